The Balaban J connectivity index is 2.24. The van der Waals surface area contributed by atoms with Gasteiger partial charge in [-0.15, -0.1) is 0 Å². The summed E-state index contributed by atoms with van der Waals surface area (Å²) in [5.41, 5.74) is 6.85. The number of carbonyl (C=O) groups excluding carboxylic acids is 2. The Kier molecular flexibility index (Phi) is 8.37. The van der Waals surface area contributed by atoms with E-state index in [-0.39, 0.29) is 45.7 Å². The summed E-state index contributed by atoms with van der Waals surface area (Å²) in [4.78, 5) is 27.3. The number of esters is 2. The summed E-state index contributed by atoms with van der Waals surface area (Å²) >= 11 is 0. The molecule has 1 atom stereocenters. The first-order valence-electron chi connectivity index (χ1n) is 11.3. The van der Waals surface area contributed by atoms with Gasteiger partial charge in [-0.25, -0.2) is 22.7 Å². The quantitative estimate of drug-likeness (QED) is 0.496. The Morgan fingerprint density at radius 1 is 1.05 bits per heavy atom. The van der Waals surface area contributed by atoms with Crippen molar-refractivity contribution in [1.29, 1.82) is 5.26 Å². The maximum absolute atomic E-state index is 13.1. The van der Waals surface area contributed by atoms with Crippen LogP contribution in [0, 0.1) is 17.2 Å². The summed E-state index contributed by atoms with van der Waals surface area (Å²) in [6, 6.07) is 16.2. The molecule has 2 aromatic carbocycles. The molecular weight excluding hydrogens is 496 g/mol. The smallest absolute Gasteiger partial charge is 0.355 e. The Bertz CT molecular complexity index is 1390. The van der Waals surface area contributed by atoms with E-state index in [9.17, 15) is 23.3 Å². The fourth-order valence-corrected chi connectivity index (χ4v) is 5.13. The predicted octanol–water partition coefficient (Wildman–Crippen LogP) is 2.52. The molecule has 0 fully saturated rings. The molecule has 10 nitrogen and oxygen atoms in total. The summed E-state index contributed by atoms with van der Waals surface area (Å²) in [6.45, 7) is 4.02. The number of nitrogens with two attached hydrogens (primary N) is 1. The normalized spacial score (nSPS) is 16.0. The zero-order chi connectivity index (χ0) is 27.3. The molecule has 0 aromatic heterocycles. The molecule has 37 heavy (non-hydrogen) atoms. The highest BCUT2D eigenvalue weighted by Gasteiger charge is 2.43. The van der Waals surface area contributed by atoms with Crippen LogP contribution in [0.5, 0.6) is 0 Å². The van der Waals surface area contributed by atoms with Crippen LogP contribution in [0.3, 0.4) is 0 Å². The molecule has 11 heteroatoms. The maximum Gasteiger partial charge on any atom is 0.355 e. The molecule has 3 N–H and O–H groups in total. The number of benzene rings is 2. The standard InChI is InChI=1S/C26H28N4O6S/c1-16(2)15-29-37(33,34)19-12-10-18(11-13-19)30-23(26(32)36-4)22(25(31)35-3)21(20(14-27)24(30)28)17-8-6-5-7-9-17/h5-13,16,21,29H,15,28H2,1-4H3. The summed E-state index contributed by atoms with van der Waals surface area (Å²) in [5.74, 6) is -2.74. The number of ether oxygens (including phenoxy) is 2. The molecule has 0 radical (unpaired) electrons. The summed E-state index contributed by atoms with van der Waals surface area (Å²) in [5, 5.41) is 10.1. The van der Waals surface area contributed by atoms with Crippen molar-refractivity contribution in [3.05, 3.63) is 82.8 Å². The Labute approximate surface area is 216 Å². The van der Waals surface area contributed by atoms with Crippen LogP contribution in [0.4, 0.5) is 5.69 Å². The molecule has 194 valence electrons. The highest BCUT2D eigenvalue weighted by atomic mass is 32.2. The van der Waals surface area contributed by atoms with Crippen LogP contribution in [-0.2, 0) is 29.1 Å². The molecule has 0 aliphatic carbocycles. The number of nitrogens with zero attached hydrogens (tertiary/aromatic N) is 2. The third-order valence-corrected chi connectivity index (χ3v) is 7.14. The molecule has 0 saturated carbocycles. The van der Waals surface area contributed by atoms with Gasteiger partial charge in [-0.2, -0.15) is 5.26 Å². The lowest BCUT2D eigenvalue weighted by molar-refractivity contribution is -0.139. The zero-order valence-corrected chi connectivity index (χ0v) is 21.7. The largest absolute Gasteiger partial charge is 0.466 e. The van der Waals surface area contributed by atoms with Crippen molar-refractivity contribution in [2.45, 2.75) is 24.7 Å². The van der Waals surface area contributed by atoms with Crippen molar-refractivity contribution in [3.8, 4) is 6.07 Å². The highest BCUT2D eigenvalue weighted by molar-refractivity contribution is 7.89. The molecule has 1 aliphatic heterocycles. The van der Waals surface area contributed by atoms with Gasteiger partial charge >= 0.3 is 11.9 Å². The van der Waals surface area contributed by atoms with E-state index in [2.05, 4.69) is 10.8 Å². The molecular formula is C26H28N4O6S. The number of rotatable bonds is 8. The molecule has 0 saturated heterocycles. The van der Waals surface area contributed by atoms with Gasteiger partial charge in [-0.05, 0) is 35.7 Å². The predicted molar refractivity (Wildman–Crippen MR) is 136 cm³/mol. The summed E-state index contributed by atoms with van der Waals surface area (Å²) in [7, 11) is -1.47. The monoisotopic (exact) mass is 524 g/mol. The minimum atomic E-state index is -3.78. The van der Waals surface area contributed by atoms with E-state index in [4.69, 9.17) is 15.2 Å². The Morgan fingerprint density at radius 3 is 2.16 bits per heavy atom. The second-order valence-electron chi connectivity index (χ2n) is 8.57. The van der Waals surface area contributed by atoms with Crippen LogP contribution in [0.25, 0.3) is 0 Å². The lowest BCUT2D eigenvalue weighted by Crippen LogP contribution is -2.40. The third-order valence-electron chi connectivity index (χ3n) is 5.70. The second kappa shape index (κ2) is 11.3. The van der Waals surface area contributed by atoms with Crippen LogP contribution in [0.15, 0.2) is 82.2 Å². The molecule has 2 aromatic rings. The van der Waals surface area contributed by atoms with Crippen LogP contribution in [-0.4, -0.2) is 41.1 Å². The van der Waals surface area contributed by atoms with Gasteiger partial charge in [0.1, 0.15) is 11.5 Å². The SMILES string of the molecule is COC(=O)C1=C(C(=O)OC)N(c2ccc(S(=O)(=O)NCC(C)C)cc2)C(N)=C(C#N)C1c1ccccc1. The summed E-state index contributed by atoms with van der Waals surface area (Å²) in [6.07, 6.45) is 0. The number of anilines is 1. The number of methoxy groups -OCH3 is 2. The van der Waals surface area contributed by atoms with Crippen LogP contribution >= 0.6 is 0 Å². The number of hydrogen-bond acceptors (Lipinski definition) is 9. The fourth-order valence-electron chi connectivity index (χ4n) is 3.92. The Hall–Kier alpha value is -4.14. The fraction of sp³-hybridized carbons (Fsp3) is 0.269. The molecule has 0 spiro atoms. The van der Waals surface area contributed by atoms with Crippen molar-refractivity contribution in [2.24, 2.45) is 11.7 Å². The van der Waals surface area contributed by atoms with Crippen LogP contribution in [0.1, 0.15) is 25.3 Å². The number of nitrogens with one attached hydrogen (secondary N) is 1. The van der Waals surface area contributed by atoms with Gasteiger partial charge < -0.3 is 15.2 Å². The highest BCUT2D eigenvalue weighted by Crippen LogP contribution is 2.43. The molecule has 3 rings (SSSR count). The van der Waals surface area contributed by atoms with E-state index in [0.29, 0.717) is 5.56 Å². The Morgan fingerprint density at radius 2 is 1.65 bits per heavy atom. The first kappa shape index (κ1) is 27.4. The van der Waals surface area contributed by atoms with Gasteiger partial charge in [-0.1, -0.05) is 44.2 Å². The van der Waals surface area contributed by atoms with Gasteiger partial charge in [0, 0.05) is 12.2 Å². The first-order valence-corrected chi connectivity index (χ1v) is 12.8. The minimum Gasteiger partial charge on any atom is -0.466 e. The van der Waals surface area contributed by atoms with E-state index < -0.39 is 27.9 Å². The molecule has 1 heterocycles. The number of hydrogen-bond donors (Lipinski definition) is 2. The maximum atomic E-state index is 13.1. The number of carbonyl (C=O) groups is 2. The van der Waals surface area contributed by atoms with Gasteiger partial charge in [-0.3, -0.25) is 4.90 Å². The molecule has 1 aliphatic rings. The van der Waals surface area contributed by atoms with E-state index in [1.54, 1.807) is 30.3 Å². The van der Waals surface area contributed by atoms with E-state index in [0.717, 1.165) is 14.2 Å². The van der Waals surface area contributed by atoms with Crippen molar-refractivity contribution in [1.82, 2.24) is 4.72 Å². The third kappa shape index (κ3) is 5.50. The number of nitriles is 1. The number of allylic oxidation sites excluding steroid dienone is 1. The van der Waals surface area contributed by atoms with Crippen LogP contribution in [0.2, 0.25) is 0 Å². The lowest BCUT2D eigenvalue weighted by Gasteiger charge is -2.35. The van der Waals surface area contributed by atoms with Crippen molar-refractivity contribution in [2.75, 3.05) is 25.7 Å². The lowest BCUT2D eigenvalue weighted by atomic mass is 9.81. The number of sulfonamides is 1. The van der Waals surface area contributed by atoms with Crippen molar-refractivity contribution in [3.63, 3.8) is 0 Å². The average molecular weight is 525 g/mol. The average Bonchev–Trinajstić information content (AvgIpc) is 2.90. The molecule has 0 amide bonds. The summed E-state index contributed by atoms with van der Waals surface area (Å²) < 4.78 is 37.8. The van der Waals surface area contributed by atoms with Gasteiger partial charge in [0.25, 0.3) is 0 Å². The second-order valence-corrected chi connectivity index (χ2v) is 10.3. The van der Waals surface area contributed by atoms with E-state index in [1.807, 2.05) is 13.8 Å². The molecule has 0 bridgehead atoms. The van der Waals surface area contributed by atoms with Gasteiger partial charge in [0.05, 0.1) is 42.2 Å². The van der Waals surface area contributed by atoms with Crippen molar-refractivity contribution >= 4 is 27.6 Å². The van der Waals surface area contributed by atoms with Gasteiger partial charge in [0.2, 0.25) is 10.0 Å². The van der Waals surface area contributed by atoms with E-state index in [1.165, 1.54) is 29.2 Å². The van der Waals surface area contributed by atoms with Crippen LogP contribution < -0.4 is 15.4 Å². The van der Waals surface area contributed by atoms with Crippen molar-refractivity contribution < 1.29 is 27.5 Å². The minimum absolute atomic E-state index is 0.00378. The zero-order valence-electron chi connectivity index (χ0n) is 20.9. The topological polar surface area (TPSA) is 152 Å². The first-order chi connectivity index (χ1) is 17.6. The van der Waals surface area contributed by atoms with Gasteiger partial charge in [0.15, 0.2) is 0 Å². The van der Waals surface area contributed by atoms with E-state index >= 15 is 0 Å². The molecule has 1 unspecified atom stereocenters.